The predicted octanol–water partition coefficient (Wildman–Crippen LogP) is 4.87. The Bertz CT molecular complexity index is 627. The molecule has 1 atom stereocenters. The van der Waals surface area contributed by atoms with E-state index in [-0.39, 0.29) is 11.0 Å². The monoisotopic (exact) mass is 350 g/mol. The molecule has 0 aliphatic heterocycles. The summed E-state index contributed by atoms with van der Waals surface area (Å²) in [4.78, 5) is 0. The maximum absolute atomic E-state index is 6.89. The van der Waals surface area contributed by atoms with Gasteiger partial charge in [-0.1, -0.05) is 92.8 Å². The van der Waals surface area contributed by atoms with Crippen molar-refractivity contribution in [2.75, 3.05) is 6.54 Å². The van der Waals surface area contributed by atoms with Crippen molar-refractivity contribution in [3.05, 3.63) is 71.8 Å². The lowest BCUT2D eigenvalue weighted by Gasteiger charge is -2.52. The van der Waals surface area contributed by atoms with E-state index in [1.165, 1.54) is 43.2 Å². The number of benzene rings is 2. The van der Waals surface area contributed by atoms with Crippen LogP contribution in [0.25, 0.3) is 0 Å². The van der Waals surface area contributed by atoms with Crippen molar-refractivity contribution in [1.29, 1.82) is 0 Å². The molecule has 0 spiro atoms. The van der Waals surface area contributed by atoms with Crippen molar-refractivity contribution >= 4 is 0 Å². The summed E-state index contributed by atoms with van der Waals surface area (Å²) >= 11 is 0. The average Bonchev–Trinajstić information content (AvgIpc) is 2.67. The van der Waals surface area contributed by atoms with Crippen LogP contribution in [0.2, 0.25) is 0 Å². The molecular formula is C24H34N2. The third kappa shape index (κ3) is 3.58. The third-order valence-electron chi connectivity index (χ3n) is 6.35. The Labute approximate surface area is 159 Å². The lowest BCUT2D eigenvalue weighted by Crippen LogP contribution is -2.58. The van der Waals surface area contributed by atoms with E-state index >= 15 is 0 Å². The van der Waals surface area contributed by atoms with Crippen LogP contribution in [0.4, 0.5) is 0 Å². The Morgan fingerprint density at radius 1 is 0.846 bits per heavy atom. The van der Waals surface area contributed by atoms with Gasteiger partial charge in [-0.05, 0) is 36.8 Å². The highest BCUT2D eigenvalue weighted by Crippen LogP contribution is 2.49. The molecule has 2 nitrogen and oxygen atoms in total. The van der Waals surface area contributed by atoms with Crippen molar-refractivity contribution in [3.8, 4) is 0 Å². The normalized spacial score (nSPS) is 17.8. The Morgan fingerprint density at radius 2 is 1.31 bits per heavy atom. The van der Waals surface area contributed by atoms with Gasteiger partial charge < -0.3 is 11.5 Å². The van der Waals surface area contributed by atoms with Crippen molar-refractivity contribution in [3.63, 3.8) is 0 Å². The Kier molecular flexibility index (Phi) is 5.84. The Balaban J connectivity index is 2.23. The molecule has 1 unspecified atom stereocenters. The third-order valence-corrected chi connectivity index (χ3v) is 6.35. The van der Waals surface area contributed by atoms with Crippen molar-refractivity contribution in [2.45, 2.75) is 56.9 Å². The van der Waals surface area contributed by atoms with Crippen LogP contribution in [0.5, 0.6) is 0 Å². The van der Waals surface area contributed by atoms with E-state index in [0.717, 1.165) is 0 Å². The summed E-state index contributed by atoms with van der Waals surface area (Å²) in [5, 5.41) is 0. The van der Waals surface area contributed by atoms with E-state index in [9.17, 15) is 0 Å². The van der Waals surface area contributed by atoms with Crippen molar-refractivity contribution < 1.29 is 0 Å². The van der Waals surface area contributed by atoms with Crippen LogP contribution in [0.15, 0.2) is 60.7 Å². The van der Waals surface area contributed by atoms with E-state index < -0.39 is 0 Å². The standard InChI is InChI=1S/C24H34N2/c1-23(2,26)22(19-12-6-3-7-13-19)24(18-25,20-14-8-4-9-15-20)21-16-10-5-11-17-21/h4-5,8-11,14-17,19,22H,3,6-7,12-13,18,25-26H2,1-2H3. The van der Waals surface area contributed by atoms with E-state index in [1.807, 2.05) is 0 Å². The number of rotatable bonds is 6. The van der Waals surface area contributed by atoms with Gasteiger partial charge in [0, 0.05) is 17.5 Å². The summed E-state index contributed by atoms with van der Waals surface area (Å²) in [6.07, 6.45) is 6.48. The minimum absolute atomic E-state index is 0.261. The lowest BCUT2D eigenvalue weighted by atomic mass is 9.54. The molecular weight excluding hydrogens is 316 g/mol. The molecule has 1 aliphatic carbocycles. The minimum atomic E-state index is -0.312. The lowest BCUT2D eigenvalue weighted by molar-refractivity contribution is 0.104. The second kappa shape index (κ2) is 7.94. The topological polar surface area (TPSA) is 52.0 Å². The fourth-order valence-electron chi connectivity index (χ4n) is 5.47. The molecule has 140 valence electrons. The summed E-state index contributed by atoms with van der Waals surface area (Å²) in [5.74, 6) is 0.901. The first kappa shape index (κ1) is 19.1. The molecule has 0 saturated heterocycles. The number of nitrogens with two attached hydrogens (primary N) is 2. The highest BCUT2D eigenvalue weighted by molar-refractivity contribution is 5.42. The minimum Gasteiger partial charge on any atom is -0.329 e. The second-order valence-corrected chi connectivity index (χ2v) is 8.60. The first-order valence-corrected chi connectivity index (χ1v) is 10.1. The molecule has 0 bridgehead atoms. The predicted molar refractivity (Wildman–Crippen MR) is 111 cm³/mol. The summed E-state index contributed by atoms with van der Waals surface area (Å²) in [5.41, 5.74) is 15.5. The van der Waals surface area contributed by atoms with Gasteiger partial charge >= 0.3 is 0 Å². The van der Waals surface area contributed by atoms with Crippen LogP contribution < -0.4 is 11.5 Å². The van der Waals surface area contributed by atoms with E-state index in [1.54, 1.807) is 0 Å². The summed E-state index contributed by atoms with van der Waals surface area (Å²) < 4.78 is 0. The van der Waals surface area contributed by atoms with E-state index in [0.29, 0.717) is 18.4 Å². The van der Waals surface area contributed by atoms with Crippen LogP contribution in [-0.2, 0) is 5.41 Å². The molecule has 1 fully saturated rings. The second-order valence-electron chi connectivity index (χ2n) is 8.60. The Hall–Kier alpha value is -1.64. The highest BCUT2D eigenvalue weighted by Gasteiger charge is 2.50. The first-order chi connectivity index (χ1) is 12.5. The van der Waals surface area contributed by atoms with Crippen molar-refractivity contribution in [2.24, 2.45) is 23.3 Å². The molecule has 2 aromatic carbocycles. The molecule has 1 saturated carbocycles. The van der Waals surface area contributed by atoms with Crippen LogP contribution in [-0.4, -0.2) is 12.1 Å². The zero-order valence-electron chi connectivity index (χ0n) is 16.3. The molecule has 2 aromatic rings. The highest BCUT2D eigenvalue weighted by atomic mass is 14.8. The quantitative estimate of drug-likeness (QED) is 0.781. The van der Waals surface area contributed by atoms with Gasteiger partial charge in [0.15, 0.2) is 0 Å². The maximum Gasteiger partial charge on any atom is 0.0373 e. The fraction of sp³-hybridized carbons (Fsp3) is 0.500. The van der Waals surface area contributed by atoms with Crippen LogP contribution >= 0.6 is 0 Å². The van der Waals surface area contributed by atoms with Crippen LogP contribution in [0.1, 0.15) is 57.1 Å². The van der Waals surface area contributed by atoms with Gasteiger partial charge in [-0.3, -0.25) is 0 Å². The Morgan fingerprint density at radius 3 is 1.69 bits per heavy atom. The van der Waals surface area contributed by atoms with Gasteiger partial charge in [0.2, 0.25) is 0 Å². The molecule has 3 rings (SSSR count). The van der Waals surface area contributed by atoms with Gasteiger partial charge in [0.25, 0.3) is 0 Å². The van der Waals surface area contributed by atoms with Gasteiger partial charge in [0.1, 0.15) is 0 Å². The van der Waals surface area contributed by atoms with Gasteiger partial charge in [0.05, 0.1) is 0 Å². The van der Waals surface area contributed by atoms with Crippen LogP contribution in [0.3, 0.4) is 0 Å². The summed E-state index contributed by atoms with van der Waals surface area (Å²) in [6.45, 7) is 4.97. The maximum atomic E-state index is 6.89. The molecule has 0 radical (unpaired) electrons. The van der Waals surface area contributed by atoms with Crippen LogP contribution in [0, 0.1) is 11.8 Å². The molecule has 0 amide bonds. The van der Waals surface area contributed by atoms with Gasteiger partial charge in [-0.15, -0.1) is 0 Å². The zero-order chi connectivity index (χ0) is 18.6. The average molecular weight is 351 g/mol. The largest absolute Gasteiger partial charge is 0.329 e. The van der Waals surface area contributed by atoms with E-state index in [2.05, 4.69) is 74.5 Å². The molecule has 26 heavy (non-hydrogen) atoms. The van der Waals surface area contributed by atoms with E-state index in [4.69, 9.17) is 11.5 Å². The van der Waals surface area contributed by atoms with Crippen molar-refractivity contribution in [1.82, 2.24) is 0 Å². The fourth-order valence-corrected chi connectivity index (χ4v) is 5.47. The number of hydrogen-bond acceptors (Lipinski definition) is 2. The van der Waals surface area contributed by atoms with Gasteiger partial charge in [-0.2, -0.15) is 0 Å². The molecule has 2 heteroatoms. The van der Waals surface area contributed by atoms with Gasteiger partial charge in [-0.25, -0.2) is 0 Å². The molecule has 0 heterocycles. The zero-order valence-corrected chi connectivity index (χ0v) is 16.3. The SMILES string of the molecule is CC(C)(N)C(C1CCCCC1)C(CN)(c1ccccc1)c1ccccc1. The molecule has 4 N–H and O–H groups in total. The smallest absolute Gasteiger partial charge is 0.0373 e. The molecule has 0 aromatic heterocycles. The summed E-state index contributed by atoms with van der Waals surface area (Å²) in [7, 11) is 0. The number of hydrogen-bond donors (Lipinski definition) is 2. The summed E-state index contributed by atoms with van der Waals surface area (Å²) in [6, 6.07) is 21.6. The molecule has 1 aliphatic rings. The first-order valence-electron chi connectivity index (χ1n) is 10.1.